The van der Waals surface area contributed by atoms with Crippen LogP contribution in [-0.2, 0) is 10.0 Å². The summed E-state index contributed by atoms with van der Waals surface area (Å²) in [5, 5.41) is 0.198. The van der Waals surface area contributed by atoms with Crippen molar-refractivity contribution in [2.75, 3.05) is 11.3 Å². The maximum Gasteiger partial charge on any atom is 0.263 e. The van der Waals surface area contributed by atoms with Gasteiger partial charge in [0.15, 0.2) is 0 Å². The molecular weight excluding hydrogens is 310 g/mol. The molecule has 1 N–H and O–H groups in total. The Hall–Kier alpha value is -1.72. The topological polar surface area (TPSA) is 55.4 Å². The molecular formula is C15H16ClNO3S. The average Bonchev–Trinajstić information content (AvgIpc) is 2.38. The van der Waals surface area contributed by atoms with Gasteiger partial charge in [0.2, 0.25) is 0 Å². The van der Waals surface area contributed by atoms with E-state index in [0.717, 1.165) is 5.56 Å². The molecule has 0 saturated carbocycles. The summed E-state index contributed by atoms with van der Waals surface area (Å²) >= 11 is 6.02. The normalized spacial score (nSPS) is 11.2. The summed E-state index contributed by atoms with van der Waals surface area (Å²) in [4.78, 5) is 0.0524. The van der Waals surface area contributed by atoms with E-state index in [1.807, 2.05) is 13.8 Å². The lowest BCUT2D eigenvalue weighted by Gasteiger charge is -2.11. The van der Waals surface area contributed by atoms with Crippen LogP contribution in [0.3, 0.4) is 0 Å². The molecule has 0 saturated heterocycles. The van der Waals surface area contributed by atoms with Gasteiger partial charge < -0.3 is 4.74 Å². The van der Waals surface area contributed by atoms with Crippen molar-refractivity contribution < 1.29 is 13.2 Å². The van der Waals surface area contributed by atoms with E-state index in [4.69, 9.17) is 16.3 Å². The van der Waals surface area contributed by atoms with Crippen LogP contribution in [0, 0.1) is 6.92 Å². The first-order valence-corrected chi connectivity index (χ1v) is 8.30. The summed E-state index contributed by atoms with van der Waals surface area (Å²) in [6.45, 7) is 4.23. The van der Waals surface area contributed by atoms with Gasteiger partial charge in [-0.2, -0.15) is 0 Å². The number of hydrogen-bond acceptors (Lipinski definition) is 3. The van der Waals surface area contributed by atoms with Crippen LogP contribution in [0.1, 0.15) is 12.5 Å². The number of nitrogens with one attached hydrogen (secondary N) is 1. The number of halogens is 1. The molecule has 0 unspecified atom stereocenters. The summed E-state index contributed by atoms with van der Waals surface area (Å²) in [5.74, 6) is 0.604. The molecule has 0 aliphatic heterocycles. The second-order valence-corrected chi connectivity index (χ2v) is 6.56. The van der Waals surface area contributed by atoms with Crippen molar-refractivity contribution in [1.29, 1.82) is 0 Å². The van der Waals surface area contributed by atoms with Gasteiger partial charge in [-0.25, -0.2) is 8.42 Å². The molecule has 4 nitrogen and oxygen atoms in total. The predicted octanol–water partition coefficient (Wildman–Crippen LogP) is 3.85. The van der Waals surface area contributed by atoms with Gasteiger partial charge in [0, 0.05) is 6.07 Å². The number of aryl methyl sites for hydroxylation is 1. The number of hydrogen-bond donors (Lipinski definition) is 1. The van der Waals surface area contributed by atoms with E-state index in [0.29, 0.717) is 18.0 Å². The van der Waals surface area contributed by atoms with Crippen molar-refractivity contribution in [1.82, 2.24) is 0 Å². The third-order valence-corrected chi connectivity index (χ3v) is 4.64. The summed E-state index contributed by atoms with van der Waals surface area (Å²) in [7, 11) is -3.73. The van der Waals surface area contributed by atoms with E-state index in [9.17, 15) is 8.42 Å². The monoisotopic (exact) mass is 325 g/mol. The molecule has 0 bridgehead atoms. The molecule has 21 heavy (non-hydrogen) atoms. The van der Waals surface area contributed by atoms with Crippen molar-refractivity contribution in [2.45, 2.75) is 18.7 Å². The first-order chi connectivity index (χ1) is 9.92. The molecule has 0 fully saturated rings. The average molecular weight is 326 g/mol. The fourth-order valence-corrected chi connectivity index (χ4v) is 3.50. The van der Waals surface area contributed by atoms with Crippen LogP contribution in [0.2, 0.25) is 5.02 Å². The first kappa shape index (κ1) is 15.7. The molecule has 2 rings (SSSR count). The number of sulfonamides is 1. The van der Waals surface area contributed by atoms with E-state index < -0.39 is 10.0 Å². The zero-order valence-electron chi connectivity index (χ0n) is 11.8. The number of rotatable bonds is 5. The van der Waals surface area contributed by atoms with Gasteiger partial charge in [-0.15, -0.1) is 0 Å². The van der Waals surface area contributed by atoms with Crippen LogP contribution in [-0.4, -0.2) is 15.0 Å². The van der Waals surface area contributed by atoms with E-state index in [1.165, 1.54) is 6.07 Å². The van der Waals surface area contributed by atoms with E-state index in [-0.39, 0.29) is 9.92 Å². The number of anilines is 1. The molecule has 6 heteroatoms. The molecule has 0 aliphatic rings. The molecule has 112 valence electrons. The van der Waals surface area contributed by atoms with E-state index in [2.05, 4.69) is 4.72 Å². The molecule has 2 aromatic carbocycles. The van der Waals surface area contributed by atoms with Crippen LogP contribution >= 0.6 is 11.6 Å². The van der Waals surface area contributed by atoms with Crippen molar-refractivity contribution >= 4 is 27.3 Å². The van der Waals surface area contributed by atoms with Gasteiger partial charge in [-0.05, 0) is 43.7 Å². The van der Waals surface area contributed by atoms with Gasteiger partial charge >= 0.3 is 0 Å². The highest BCUT2D eigenvalue weighted by Crippen LogP contribution is 2.26. The Bertz CT molecular complexity index is 744. The minimum atomic E-state index is -3.73. The molecule has 0 aliphatic carbocycles. The van der Waals surface area contributed by atoms with Crippen LogP contribution in [0.25, 0.3) is 0 Å². The third-order valence-electron chi connectivity index (χ3n) is 2.77. The number of ether oxygens (including phenoxy) is 1. The van der Waals surface area contributed by atoms with Crippen LogP contribution in [0.5, 0.6) is 5.75 Å². The van der Waals surface area contributed by atoms with Crippen molar-refractivity contribution in [3.8, 4) is 5.75 Å². The second-order valence-electron chi connectivity index (χ2n) is 4.50. The lowest BCUT2D eigenvalue weighted by atomic mass is 10.2. The van der Waals surface area contributed by atoms with Crippen LogP contribution in [0.15, 0.2) is 47.4 Å². The highest BCUT2D eigenvalue weighted by Gasteiger charge is 2.18. The van der Waals surface area contributed by atoms with Gasteiger partial charge in [-0.3, -0.25) is 4.72 Å². The molecule has 0 atom stereocenters. The second kappa shape index (κ2) is 6.37. The summed E-state index contributed by atoms with van der Waals surface area (Å²) in [6.07, 6.45) is 0. The smallest absolute Gasteiger partial charge is 0.263 e. The maximum atomic E-state index is 12.4. The van der Waals surface area contributed by atoms with E-state index in [1.54, 1.807) is 36.4 Å². The van der Waals surface area contributed by atoms with Crippen LogP contribution < -0.4 is 9.46 Å². The Labute approximate surface area is 129 Å². The Balaban J connectivity index is 2.31. The van der Waals surface area contributed by atoms with E-state index >= 15 is 0 Å². The highest BCUT2D eigenvalue weighted by atomic mass is 35.5. The molecule has 2 aromatic rings. The van der Waals surface area contributed by atoms with Crippen LogP contribution in [0.4, 0.5) is 5.69 Å². The Morgan fingerprint density at radius 1 is 1.19 bits per heavy atom. The Morgan fingerprint density at radius 2 is 1.95 bits per heavy atom. The number of benzene rings is 2. The SMILES string of the molecule is CCOc1cccc(NS(=O)(=O)c2ccc(C)cc2Cl)c1. The Kier molecular flexibility index (Phi) is 4.75. The molecule has 0 amide bonds. The largest absolute Gasteiger partial charge is 0.494 e. The lowest BCUT2D eigenvalue weighted by Crippen LogP contribution is -2.13. The van der Waals surface area contributed by atoms with Crippen molar-refractivity contribution in [3.63, 3.8) is 0 Å². The van der Waals surface area contributed by atoms with Gasteiger partial charge in [0.1, 0.15) is 10.6 Å². The first-order valence-electron chi connectivity index (χ1n) is 6.44. The zero-order valence-corrected chi connectivity index (χ0v) is 13.3. The standard InChI is InChI=1S/C15H16ClNO3S/c1-3-20-13-6-4-5-12(10-13)17-21(18,19)15-8-7-11(2)9-14(15)16/h4-10,17H,3H2,1-2H3. The van der Waals surface area contributed by atoms with Gasteiger partial charge in [0.25, 0.3) is 10.0 Å². The minimum absolute atomic E-state index is 0.0524. The van der Waals surface area contributed by atoms with Gasteiger partial charge in [0.05, 0.1) is 17.3 Å². The summed E-state index contributed by atoms with van der Waals surface area (Å²) in [5.41, 5.74) is 1.33. The fraction of sp³-hybridized carbons (Fsp3) is 0.200. The Morgan fingerprint density at radius 3 is 2.62 bits per heavy atom. The quantitative estimate of drug-likeness (QED) is 0.908. The fourth-order valence-electron chi connectivity index (χ4n) is 1.85. The van der Waals surface area contributed by atoms with Crippen molar-refractivity contribution in [3.05, 3.63) is 53.1 Å². The molecule has 0 heterocycles. The molecule has 0 radical (unpaired) electrons. The third kappa shape index (κ3) is 3.89. The lowest BCUT2D eigenvalue weighted by molar-refractivity contribution is 0.340. The summed E-state index contributed by atoms with van der Waals surface area (Å²) in [6, 6.07) is 11.6. The van der Waals surface area contributed by atoms with Crippen molar-refractivity contribution in [2.24, 2.45) is 0 Å². The van der Waals surface area contributed by atoms with Gasteiger partial charge in [-0.1, -0.05) is 23.7 Å². The summed E-state index contributed by atoms with van der Waals surface area (Å²) < 4.78 is 32.6. The highest BCUT2D eigenvalue weighted by molar-refractivity contribution is 7.92. The molecule has 0 aromatic heterocycles. The minimum Gasteiger partial charge on any atom is -0.494 e. The zero-order chi connectivity index (χ0) is 15.5. The predicted molar refractivity (Wildman–Crippen MR) is 84.6 cm³/mol. The molecule has 0 spiro atoms. The maximum absolute atomic E-state index is 12.4.